The van der Waals surface area contributed by atoms with Crippen molar-refractivity contribution in [1.29, 1.82) is 0 Å². The molecule has 2 rings (SSSR count). The molecule has 0 amide bonds. The fourth-order valence-corrected chi connectivity index (χ4v) is 2.17. The van der Waals surface area contributed by atoms with Crippen LogP contribution in [0.5, 0.6) is 0 Å². The van der Waals surface area contributed by atoms with Crippen molar-refractivity contribution in [1.82, 2.24) is 9.55 Å². The topological polar surface area (TPSA) is 53.1 Å². The zero-order chi connectivity index (χ0) is 13.7. The summed E-state index contributed by atoms with van der Waals surface area (Å²) in [6, 6.07) is 8.20. The van der Waals surface area contributed by atoms with Crippen LogP contribution in [0.15, 0.2) is 24.3 Å². The Balaban J connectivity index is 2.12. The van der Waals surface area contributed by atoms with Crippen LogP contribution in [-0.2, 0) is 17.7 Å². The molecule has 0 unspecified atom stereocenters. The number of hydrogen-bond acceptors (Lipinski definition) is 3. The van der Waals surface area contributed by atoms with E-state index in [-0.39, 0.29) is 0 Å². The summed E-state index contributed by atoms with van der Waals surface area (Å²) in [5.74, 6) is 1.62. The van der Waals surface area contributed by atoms with Gasteiger partial charge in [-0.25, -0.2) is 4.98 Å². The zero-order valence-electron chi connectivity index (χ0n) is 11.8. The maximum Gasteiger partial charge on any atom is 0.111 e. The van der Waals surface area contributed by atoms with E-state index in [2.05, 4.69) is 29.5 Å². The highest BCUT2D eigenvalue weighted by atomic mass is 16.5. The van der Waals surface area contributed by atoms with Crippen molar-refractivity contribution in [2.75, 3.05) is 19.8 Å². The van der Waals surface area contributed by atoms with E-state index in [0.29, 0.717) is 12.5 Å². The van der Waals surface area contributed by atoms with Crippen molar-refractivity contribution in [2.45, 2.75) is 26.8 Å². The lowest BCUT2D eigenvalue weighted by Gasteiger charge is -2.10. The van der Waals surface area contributed by atoms with Crippen LogP contribution < -0.4 is 5.73 Å². The predicted molar refractivity (Wildman–Crippen MR) is 78.1 cm³/mol. The smallest absolute Gasteiger partial charge is 0.111 e. The molecule has 19 heavy (non-hydrogen) atoms. The first-order valence-corrected chi connectivity index (χ1v) is 6.94. The lowest BCUT2D eigenvalue weighted by molar-refractivity contribution is 0.103. The van der Waals surface area contributed by atoms with Crippen LogP contribution in [0.1, 0.15) is 19.7 Å². The molecule has 0 aliphatic rings. The Bertz CT molecular complexity index is 519. The summed E-state index contributed by atoms with van der Waals surface area (Å²) in [6.45, 7) is 7.30. The Morgan fingerprint density at radius 1 is 1.32 bits per heavy atom. The van der Waals surface area contributed by atoms with E-state index in [1.54, 1.807) is 0 Å². The second kappa shape index (κ2) is 6.68. The van der Waals surface area contributed by atoms with E-state index in [4.69, 9.17) is 10.5 Å². The first kappa shape index (κ1) is 14.0. The quantitative estimate of drug-likeness (QED) is 0.777. The molecule has 0 saturated heterocycles. The molecular weight excluding hydrogens is 238 g/mol. The SMILES string of the molecule is CC(C)COCCn1c(CCN)nc2ccccc21. The maximum absolute atomic E-state index is 5.67. The molecule has 0 spiro atoms. The number of aromatic nitrogens is 2. The van der Waals surface area contributed by atoms with E-state index in [1.807, 2.05) is 18.2 Å². The third-order valence-corrected chi connectivity index (χ3v) is 3.01. The van der Waals surface area contributed by atoms with Crippen molar-refractivity contribution in [2.24, 2.45) is 11.7 Å². The van der Waals surface area contributed by atoms with Gasteiger partial charge in [0.2, 0.25) is 0 Å². The van der Waals surface area contributed by atoms with Gasteiger partial charge in [0, 0.05) is 19.6 Å². The van der Waals surface area contributed by atoms with Gasteiger partial charge < -0.3 is 15.0 Å². The highest BCUT2D eigenvalue weighted by Crippen LogP contribution is 2.16. The summed E-state index contributed by atoms with van der Waals surface area (Å²) < 4.78 is 7.90. The molecule has 0 aliphatic heterocycles. The van der Waals surface area contributed by atoms with Crippen molar-refractivity contribution >= 4 is 11.0 Å². The number of nitrogens with zero attached hydrogens (tertiary/aromatic N) is 2. The van der Waals surface area contributed by atoms with Crippen molar-refractivity contribution in [3.8, 4) is 0 Å². The molecular formula is C15H23N3O. The number of fused-ring (bicyclic) bond motifs is 1. The van der Waals surface area contributed by atoms with Gasteiger partial charge in [-0.3, -0.25) is 0 Å². The molecule has 0 radical (unpaired) electrons. The summed E-state index contributed by atoms with van der Waals surface area (Å²) >= 11 is 0. The monoisotopic (exact) mass is 261 g/mol. The van der Waals surface area contributed by atoms with Gasteiger partial charge >= 0.3 is 0 Å². The molecule has 0 saturated carbocycles. The lowest BCUT2D eigenvalue weighted by Crippen LogP contribution is -2.14. The molecule has 0 fully saturated rings. The van der Waals surface area contributed by atoms with E-state index >= 15 is 0 Å². The third-order valence-electron chi connectivity index (χ3n) is 3.01. The van der Waals surface area contributed by atoms with Crippen molar-refractivity contribution in [3.05, 3.63) is 30.1 Å². The molecule has 2 N–H and O–H groups in total. The maximum atomic E-state index is 5.67. The first-order valence-electron chi connectivity index (χ1n) is 6.94. The van der Waals surface area contributed by atoms with Gasteiger partial charge in [-0.2, -0.15) is 0 Å². The second-order valence-corrected chi connectivity index (χ2v) is 5.18. The minimum Gasteiger partial charge on any atom is -0.379 e. The number of imidazole rings is 1. The fraction of sp³-hybridized carbons (Fsp3) is 0.533. The number of hydrogen-bond donors (Lipinski definition) is 1. The van der Waals surface area contributed by atoms with Crippen LogP contribution in [0.4, 0.5) is 0 Å². The number of rotatable bonds is 7. The second-order valence-electron chi connectivity index (χ2n) is 5.18. The minimum absolute atomic E-state index is 0.572. The van der Waals surface area contributed by atoms with Crippen LogP contribution in [0.25, 0.3) is 11.0 Å². The zero-order valence-corrected chi connectivity index (χ0v) is 11.8. The van der Waals surface area contributed by atoms with Crippen LogP contribution in [-0.4, -0.2) is 29.3 Å². The first-order chi connectivity index (χ1) is 9.22. The Morgan fingerprint density at radius 3 is 2.84 bits per heavy atom. The molecule has 4 heteroatoms. The van der Waals surface area contributed by atoms with E-state index in [1.165, 1.54) is 5.52 Å². The molecule has 2 aromatic rings. The van der Waals surface area contributed by atoms with Crippen molar-refractivity contribution < 1.29 is 4.74 Å². The Morgan fingerprint density at radius 2 is 2.11 bits per heavy atom. The van der Waals surface area contributed by atoms with Gasteiger partial charge in [-0.05, 0) is 24.6 Å². The average Bonchev–Trinajstić information content (AvgIpc) is 2.73. The van der Waals surface area contributed by atoms with Gasteiger partial charge in [0.05, 0.1) is 17.6 Å². The fourth-order valence-electron chi connectivity index (χ4n) is 2.17. The molecule has 1 aromatic carbocycles. The summed E-state index contributed by atoms with van der Waals surface area (Å²) in [4.78, 5) is 4.64. The molecule has 104 valence electrons. The summed E-state index contributed by atoms with van der Waals surface area (Å²) in [5, 5.41) is 0. The largest absolute Gasteiger partial charge is 0.379 e. The van der Waals surface area contributed by atoms with Gasteiger partial charge in [0.1, 0.15) is 5.82 Å². The summed E-state index contributed by atoms with van der Waals surface area (Å²) in [7, 11) is 0. The molecule has 0 bridgehead atoms. The summed E-state index contributed by atoms with van der Waals surface area (Å²) in [6.07, 6.45) is 0.804. The van der Waals surface area contributed by atoms with Gasteiger partial charge in [0.15, 0.2) is 0 Å². The standard InChI is InChI=1S/C15H23N3O/c1-12(2)11-19-10-9-18-14-6-4-3-5-13(14)17-15(18)7-8-16/h3-6,12H,7-11,16H2,1-2H3. The van der Waals surface area contributed by atoms with Crippen LogP contribution >= 0.6 is 0 Å². The van der Waals surface area contributed by atoms with Gasteiger partial charge in [0.25, 0.3) is 0 Å². The molecule has 4 nitrogen and oxygen atoms in total. The summed E-state index contributed by atoms with van der Waals surface area (Å²) in [5.41, 5.74) is 7.86. The van der Waals surface area contributed by atoms with E-state index in [0.717, 1.165) is 37.5 Å². The number of benzene rings is 1. The van der Waals surface area contributed by atoms with E-state index in [9.17, 15) is 0 Å². The Hall–Kier alpha value is -1.39. The molecule has 0 aliphatic carbocycles. The number of ether oxygens (including phenoxy) is 1. The number of para-hydroxylation sites is 2. The van der Waals surface area contributed by atoms with Crippen molar-refractivity contribution in [3.63, 3.8) is 0 Å². The van der Waals surface area contributed by atoms with Crippen LogP contribution in [0.2, 0.25) is 0 Å². The predicted octanol–water partition coefficient (Wildman–Crippen LogP) is 2.21. The molecule has 0 atom stereocenters. The highest BCUT2D eigenvalue weighted by Gasteiger charge is 2.09. The van der Waals surface area contributed by atoms with Crippen LogP contribution in [0, 0.1) is 5.92 Å². The Labute approximate surface area is 114 Å². The molecule has 1 aromatic heterocycles. The van der Waals surface area contributed by atoms with Crippen LogP contribution in [0.3, 0.4) is 0 Å². The molecule has 1 heterocycles. The lowest BCUT2D eigenvalue weighted by atomic mass is 10.2. The third kappa shape index (κ3) is 3.55. The average molecular weight is 261 g/mol. The van der Waals surface area contributed by atoms with E-state index < -0.39 is 0 Å². The number of nitrogens with two attached hydrogens (primary N) is 1. The normalized spacial score (nSPS) is 11.6. The highest BCUT2D eigenvalue weighted by molar-refractivity contribution is 5.75. The minimum atomic E-state index is 0.572. The van der Waals surface area contributed by atoms with Gasteiger partial charge in [-0.15, -0.1) is 0 Å². The van der Waals surface area contributed by atoms with Gasteiger partial charge in [-0.1, -0.05) is 26.0 Å². The Kier molecular flexibility index (Phi) is 4.93.